The minimum absolute atomic E-state index is 0.0486. The Bertz CT molecular complexity index is 442. The van der Waals surface area contributed by atoms with E-state index in [9.17, 15) is 19.4 Å². The first-order valence-corrected chi connectivity index (χ1v) is 5.75. The van der Waals surface area contributed by atoms with Gasteiger partial charge in [-0.05, 0) is 12.5 Å². The van der Waals surface area contributed by atoms with E-state index in [1.54, 1.807) is 0 Å². The zero-order chi connectivity index (χ0) is 14.4. The summed E-state index contributed by atoms with van der Waals surface area (Å²) in [5.41, 5.74) is 0.0674. The molecule has 2 atom stereocenters. The summed E-state index contributed by atoms with van der Waals surface area (Å²) in [6, 6.07) is 1.05. The number of hydrogen-bond donors (Lipinski definition) is 3. The van der Waals surface area contributed by atoms with Gasteiger partial charge in [-0.25, -0.2) is 9.37 Å². The number of aliphatic hydroxyl groups excluding tert-OH is 2. The molecule has 7 heteroatoms. The van der Waals surface area contributed by atoms with E-state index < -0.39 is 18.0 Å². The number of nitrogens with one attached hydrogen (secondary N) is 1. The Kier molecular flexibility index (Phi) is 5.65. The molecule has 19 heavy (non-hydrogen) atoms. The number of carbonyl (C=O) groups excluding carboxylic acids is 1. The van der Waals surface area contributed by atoms with Crippen molar-refractivity contribution in [3.05, 3.63) is 23.6 Å². The molecule has 1 rings (SSSR count). The number of ether oxygens (including phenoxy) is 1. The normalized spacial score (nSPS) is 13.7. The summed E-state index contributed by atoms with van der Waals surface area (Å²) >= 11 is 0. The Labute approximate surface area is 110 Å². The van der Waals surface area contributed by atoms with Crippen LogP contribution in [0.2, 0.25) is 0 Å². The highest BCUT2D eigenvalue weighted by molar-refractivity contribution is 5.72. The second-order valence-electron chi connectivity index (χ2n) is 4.04. The lowest BCUT2D eigenvalue weighted by Gasteiger charge is -2.19. The molecule has 2 unspecified atom stereocenters. The van der Waals surface area contributed by atoms with Gasteiger partial charge in [0.05, 0.1) is 19.4 Å². The number of nitrogens with zero attached hydrogens (tertiary/aromatic N) is 1. The van der Waals surface area contributed by atoms with Gasteiger partial charge in [0.15, 0.2) is 0 Å². The lowest BCUT2D eigenvalue weighted by atomic mass is 10.0. The Hall–Kier alpha value is -1.73. The SMILES string of the molecule is COc1ncc(F)cc1C(O)C(O)CCNC(C)=O. The van der Waals surface area contributed by atoms with Crippen LogP contribution in [0.25, 0.3) is 0 Å². The summed E-state index contributed by atoms with van der Waals surface area (Å²) in [7, 11) is 1.33. The number of methoxy groups -OCH3 is 1. The van der Waals surface area contributed by atoms with E-state index in [0.29, 0.717) is 0 Å². The Balaban J connectivity index is 2.72. The fraction of sp³-hybridized carbons (Fsp3) is 0.500. The van der Waals surface area contributed by atoms with E-state index in [1.165, 1.54) is 14.0 Å². The van der Waals surface area contributed by atoms with E-state index in [4.69, 9.17) is 4.74 Å². The van der Waals surface area contributed by atoms with Gasteiger partial charge in [0.25, 0.3) is 0 Å². The molecule has 0 aromatic carbocycles. The molecule has 3 N–H and O–H groups in total. The van der Waals surface area contributed by atoms with E-state index >= 15 is 0 Å². The molecule has 1 aromatic heterocycles. The predicted molar refractivity (Wildman–Crippen MR) is 65.0 cm³/mol. The number of carbonyl (C=O) groups is 1. The molecule has 0 spiro atoms. The van der Waals surface area contributed by atoms with Gasteiger partial charge in [-0.1, -0.05) is 0 Å². The standard InChI is InChI=1S/C12H17FN2O4/c1-7(16)14-4-3-10(17)11(18)9-5-8(13)6-15-12(9)19-2/h5-6,10-11,17-18H,3-4H2,1-2H3,(H,14,16). The molecule has 0 radical (unpaired) electrons. The van der Waals surface area contributed by atoms with Gasteiger partial charge in [0.1, 0.15) is 11.9 Å². The predicted octanol–water partition coefficient (Wildman–Crippen LogP) is 0.150. The number of halogens is 1. The zero-order valence-electron chi connectivity index (χ0n) is 10.8. The lowest BCUT2D eigenvalue weighted by Crippen LogP contribution is -2.28. The van der Waals surface area contributed by atoms with Gasteiger partial charge in [0, 0.05) is 19.0 Å². The molecule has 106 valence electrons. The van der Waals surface area contributed by atoms with Crippen LogP contribution < -0.4 is 10.1 Å². The molecular weight excluding hydrogens is 255 g/mol. The van der Waals surface area contributed by atoms with Crippen molar-refractivity contribution >= 4 is 5.91 Å². The first-order valence-electron chi connectivity index (χ1n) is 5.75. The molecule has 0 bridgehead atoms. The van der Waals surface area contributed by atoms with Crippen molar-refractivity contribution in [3.63, 3.8) is 0 Å². The van der Waals surface area contributed by atoms with Crippen molar-refractivity contribution in [1.29, 1.82) is 0 Å². The van der Waals surface area contributed by atoms with Crippen LogP contribution in [0.1, 0.15) is 25.0 Å². The molecule has 6 nitrogen and oxygen atoms in total. The van der Waals surface area contributed by atoms with E-state index in [0.717, 1.165) is 12.3 Å². The third-order valence-electron chi connectivity index (χ3n) is 2.54. The average Bonchev–Trinajstić information content (AvgIpc) is 2.37. The van der Waals surface area contributed by atoms with E-state index in [-0.39, 0.29) is 30.3 Å². The topological polar surface area (TPSA) is 91.7 Å². The molecule has 0 aliphatic carbocycles. The number of aliphatic hydroxyl groups is 2. The van der Waals surface area contributed by atoms with E-state index in [1.807, 2.05) is 0 Å². The third kappa shape index (κ3) is 4.46. The van der Waals surface area contributed by atoms with Gasteiger partial charge in [-0.2, -0.15) is 0 Å². The molecule has 0 saturated carbocycles. The number of amides is 1. The van der Waals surface area contributed by atoms with Crippen LogP contribution in [0.4, 0.5) is 4.39 Å². The van der Waals surface area contributed by atoms with Crippen molar-refractivity contribution < 1.29 is 24.1 Å². The quantitative estimate of drug-likeness (QED) is 0.685. The molecule has 0 saturated heterocycles. The van der Waals surface area contributed by atoms with Crippen molar-refractivity contribution in [3.8, 4) is 5.88 Å². The van der Waals surface area contributed by atoms with Gasteiger partial charge in [-0.3, -0.25) is 4.79 Å². The first kappa shape index (κ1) is 15.3. The number of rotatable bonds is 6. The van der Waals surface area contributed by atoms with Crippen LogP contribution in [0.5, 0.6) is 5.88 Å². The van der Waals surface area contributed by atoms with Gasteiger partial charge in [-0.15, -0.1) is 0 Å². The fourth-order valence-electron chi connectivity index (χ4n) is 1.59. The van der Waals surface area contributed by atoms with E-state index in [2.05, 4.69) is 10.3 Å². The zero-order valence-corrected chi connectivity index (χ0v) is 10.8. The maximum absolute atomic E-state index is 13.1. The largest absolute Gasteiger partial charge is 0.481 e. The fourth-order valence-corrected chi connectivity index (χ4v) is 1.59. The van der Waals surface area contributed by atoms with Crippen molar-refractivity contribution in [2.45, 2.75) is 25.6 Å². The molecule has 0 fully saturated rings. The summed E-state index contributed by atoms with van der Waals surface area (Å²) < 4.78 is 18.0. The summed E-state index contributed by atoms with van der Waals surface area (Å²) in [6.45, 7) is 1.56. The molecule has 0 aliphatic rings. The minimum Gasteiger partial charge on any atom is -0.481 e. The van der Waals surface area contributed by atoms with Gasteiger partial charge in [0.2, 0.25) is 11.8 Å². The van der Waals surface area contributed by atoms with Crippen molar-refractivity contribution in [2.75, 3.05) is 13.7 Å². The van der Waals surface area contributed by atoms with Crippen LogP contribution in [0.3, 0.4) is 0 Å². The Morgan fingerprint density at radius 2 is 2.26 bits per heavy atom. The van der Waals surface area contributed by atoms with Crippen LogP contribution in [-0.4, -0.2) is 40.9 Å². The molecule has 1 amide bonds. The monoisotopic (exact) mass is 272 g/mol. The smallest absolute Gasteiger partial charge is 0.219 e. The second kappa shape index (κ2) is 7.01. The Morgan fingerprint density at radius 3 is 2.84 bits per heavy atom. The maximum atomic E-state index is 13.1. The highest BCUT2D eigenvalue weighted by atomic mass is 19.1. The number of aromatic nitrogens is 1. The van der Waals surface area contributed by atoms with Crippen LogP contribution in [-0.2, 0) is 4.79 Å². The van der Waals surface area contributed by atoms with Gasteiger partial charge < -0.3 is 20.3 Å². The highest BCUT2D eigenvalue weighted by Gasteiger charge is 2.23. The Morgan fingerprint density at radius 1 is 1.58 bits per heavy atom. The van der Waals surface area contributed by atoms with Gasteiger partial charge >= 0.3 is 0 Å². The van der Waals surface area contributed by atoms with Crippen LogP contribution in [0.15, 0.2) is 12.3 Å². The molecule has 1 heterocycles. The van der Waals surface area contributed by atoms with Crippen molar-refractivity contribution in [2.24, 2.45) is 0 Å². The number of hydrogen-bond acceptors (Lipinski definition) is 5. The summed E-state index contributed by atoms with van der Waals surface area (Å²) in [5.74, 6) is -0.817. The van der Waals surface area contributed by atoms with Crippen LogP contribution >= 0.6 is 0 Å². The minimum atomic E-state index is -1.34. The number of pyridine rings is 1. The molecular formula is C12H17FN2O4. The highest BCUT2D eigenvalue weighted by Crippen LogP contribution is 2.26. The summed E-state index contributed by atoms with van der Waals surface area (Å²) in [5, 5.41) is 22.2. The first-order chi connectivity index (χ1) is 8.95. The second-order valence-corrected chi connectivity index (χ2v) is 4.04. The van der Waals surface area contributed by atoms with Crippen LogP contribution in [0, 0.1) is 5.82 Å². The lowest BCUT2D eigenvalue weighted by molar-refractivity contribution is -0.119. The molecule has 0 aliphatic heterocycles. The maximum Gasteiger partial charge on any atom is 0.219 e. The van der Waals surface area contributed by atoms with Crippen molar-refractivity contribution in [1.82, 2.24) is 10.3 Å². The molecule has 1 aromatic rings. The third-order valence-corrected chi connectivity index (χ3v) is 2.54. The summed E-state index contributed by atoms with van der Waals surface area (Å²) in [4.78, 5) is 14.3. The summed E-state index contributed by atoms with van der Waals surface area (Å²) in [6.07, 6.45) is -1.42. The average molecular weight is 272 g/mol.